The zero-order chi connectivity index (χ0) is 16.6. The Bertz CT molecular complexity index is 507. The van der Waals surface area contributed by atoms with E-state index in [4.69, 9.17) is 9.47 Å². The van der Waals surface area contributed by atoms with Crippen molar-refractivity contribution < 1.29 is 14.3 Å². The first-order chi connectivity index (χ1) is 10.1. The largest absolute Gasteiger partial charge is 0.466 e. The number of hydrogen-bond acceptors (Lipinski definition) is 3. The van der Waals surface area contributed by atoms with Crippen molar-refractivity contribution in [2.45, 2.75) is 47.5 Å². The Kier molecular flexibility index (Phi) is 9.02. The van der Waals surface area contributed by atoms with Crippen LogP contribution in [0.15, 0.2) is 34.0 Å². The van der Waals surface area contributed by atoms with E-state index in [0.717, 1.165) is 15.8 Å². The van der Waals surface area contributed by atoms with Crippen molar-refractivity contribution in [3.63, 3.8) is 0 Å². The van der Waals surface area contributed by atoms with E-state index in [-0.39, 0.29) is 11.9 Å². The lowest BCUT2D eigenvalue weighted by Crippen LogP contribution is -2.20. The standard InChI is InChI=1S/C13H13BrO3.2C2H6/c1-7-9-5-4-6-10(14)12(9)17-8(2)11(7)13(15)16-3;2*1-2/h4-7H,1-3H3;2*1-2H3. The van der Waals surface area contributed by atoms with Crippen LogP contribution < -0.4 is 4.74 Å². The molecule has 0 radical (unpaired) electrons. The average molecular weight is 357 g/mol. The number of para-hydroxylation sites is 1. The van der Waals surface area contributed by atoms with E-state index in [1.54, 1.807) is 6.92 Å². The first-order valence-electron chi connectivity index (χ1n) is 7.31. The Morgan fingerprint density at radius 3 is 2.33 bits per heavy atom. The van der Waals surface area contributed by atoms with Gasteiger partial charge in [0.1, 0.15) is 11.5 Å². The summed E-state index contributed by atoms with van der Waals surface area (Å²) in [6.07, 6.45) is 0. The fraction of sp³-hybridized carbons (Fsp3) is 0.471. The molecular formula is C17H25BrO3. The highest BCUT2D eigenvalue weighted by Gasteiger charge is 2.30. The van der Waals surface area contributed by atoms with Gasteiger partial charge in [0.15, 0.2) is 0 Å². The van der Waals surface area contributed by atoms with E-state index < -0.39 is 0 Å². The van der Waals surface area contributed by atoms with Gasteiger partial charge in [-0.1, -0.05) is 46.8 Å². The molecule has 0 saturated heterocycles. The van der Waals surface area contributed by atoms with Gasteiger partial charge in [0.25, 0.3) is 0 Å². The number of ether oxygens (including phenoxy) is 2. The van der Waals surface area contributed by atoms with Crippen LogP contribution in [0.1, 0.15) is 53.0 Å². The van der Waals surface area contributed by atoms with E-state index >= 15 is 0 Å². The molecular weight excluding hydrogens is 332 g/mol. The molecule has 1 atom stereocenters. The quantitative estimate of drug-likeness (QED) is 0.628. The molecule has 118 valence electrons. The fourth-order valence-electron chi connectivity index (χ4n) is 2.07. The second-order valence-corrected chi connectivity index (χ2v) is 4.80. The number of carbonyl (C=O) groups is 1. The van der Waals surface area contributed by atoms with Crippen LogP contribution >= 0.6 is 15.9 Å². The normalized spacial score (nSPS) is 15.5. The number of carbonyl (C=O) groups excluding carboxylic acids is 1. The van der Waals surface area contributed by atoms with Crippen LogP contribution in [0.2, 0.25) is 0 Å². The fourth-order valence-corrected chi connectivity index (χ4v) is 2.54. The van der Waals surface area contributed by atoms with Crippen molar-refractivity contribution in [1.82, 2.24) is 0 Å². The molecule has 21 heavy (non-hydrogen) atoms. The van der Waals surface area contributed by atoms with Crippen molar-refractivity contribution in [3.8, 4) is 5.75 Å². The summed E-state index contributed by atoms with van der Waals surface area (Å²) in [4.78, 5) is 11.7. The summed E-state index contributed by atoms with van der Waals surface area (Å²) >= 11 is 3.45. The Labute approximate surface area is 136 Å². The van der Waals surface area contributed by atoms with Gasteiger partial charge in [-0.05, 0) is 28.9 Å². The van der Waals surface area contributed by atoms with Gasteiger partial charge in [-0.3, -0.25) is 0 Å². The molecule has 0 saturated carbocycles. The predicted molar refractivity (Wildman–Crippen MR) is 90.6 cm³/mol. The van der Waals surface area contributed by atoms with Gasteiger partial charge in [0, 0.05) is 11.5 Å². The smallest absolute Gasteiger partial charge is 0.337 e. The maximum absolute atomic E-state index is 11.7. The average Bonchev–Trinajstić information content (AvgIpc) is 2.52. The van der Waals surface area contributed by atoms with Gasteiger partial charge in [-0.2, -0.15) is 0 Å². The summed E-state index contributed by atoms with van der Waals surface area (Å²) < 4.78 is 11.4. The number of allylic oxidation sites excluding steroid dienone is 1. The second kappa shape index (κ2) is 9.61. The van der Waals surface area contributed by atoms with Crippen LogP contribution in [0.3, 0.4) is 0 Å². The zero-order valence-electron chi connectivity index (χ0n) is 13.9. The first-order valence-corrected chi connectivity index (χ1v) is 8.11. The van der Waals surface area contributed by atoms with Gasteiger partial charge in [-0.15, -0.1) is 0 Å². The molecule has 0 spiro atoms. The van der Waals surface area contributed by atoms with Crippen LogP contribution in [0.25, 0.3) is 0 Å². The van der Waals surface area contributed by atoms with Gasteiger partial charge in [0.05, 0.1) is 17.2 Å². The van der Waals surface area contributed by atoms with Crippen molar-refractivity contribution in [3.05, 3.63) is 39.6 Å². The molecule has 1 aromatic carbocycles. The molecule has 2 rings (SSSR count). The number of fused-ring (bicyclic) bond motifs is 1. The Hall–Kier alpha value is -1.29. The van der Waals surface area contributed by atoms with Crippen LogP contribution in [0, 0.1) is 0 Å². The summed E-state index contributed by atoms with van der Waals surface area (Å²) in [6.45, 7) is 11.8. The second-order valence-electron chi connectivity index (χ2n) is 3.94. The minimum absolute atomic E-state index is 0.0244. The highest BCUT2D eigenvalue weighted by atomic mass is 79.9. The Balaban J connectivity index is 0.000000921. The molecule has 0 fully saturated rings. The number of hydrogen-bond donors (Lipinski definition) is 0. The molecule has 0 N–H and O–H groups in total. The van der Waals surface area contributed by atoms with Crippen LogP contribution in [0.4, 0.5) is 0 Å². The maximum atomic E-state index is 11.7. The summed E-state index contributed by atoms with van der Waals surface area (Å²) in [5.41, 5.74) is 1.57. The molecule has 0 aromatic heterocycles. The highest BCUT2D eigenvalue weighted by molar-refractivity contribution is 9.10. The summed E-state index contributed by atoms with van der Waals surface area (Å²) in [5.74, 6) is 1.03. The van der Waals surface area contributed by atoms with Gasteiger partial charge >= 0.3 is 5.97 Å². The van der Waals surface area contributed by atoms with E-state index in [0.29, 0.717) is 11.3 Å². The Morgan fingerprint density at radius 1 is 1.24 bits per heavy atom. The number of halogens is 1. The first kappa shape index (κ1) is 19.7. The summed E-state index contributed by atoms with van der Waals surface area (Å²) in [5, 5.41) is 0. The van der Waals surface area contributed by atoms with E-state index in [9.17, 15) is 4.79 Å². The van der Waals surface area contributed by atoms with E-state index in [2.05, 4.69) is 15.9 Å². The molecule has 4 heteroatoms. The monoisotopic (exact) mass is 356 g/mol. The molecule has 3 nitrogen and oxygen atoms in total. The third kappa shape index (κ3) is 4.34. The third-order valence-corrected chi connectivity index (χ3v) is 3.56. The predicted octanol–water partition coefficient (Wildman–Crippen LogP) is 5.44. The van der Waals surface area contributed by atoms with Crippen LogP contribution in [0.5, 0.6) is 5.75 Å². The zero-order valence-corrected chi connectivity index (χ0v) is 15.5. The van der Waals surface area contributed by atoms with E-state index in [1.165, 1.54) is 7.11 Å². The number of esters is 1. The van der Waals surface area contributed by atoms with Crippen molar-refractivity contribution in [2.75, 3.05) is 7.11 Å². The number of benzene rings is 1. The van der Waals surface area contributed by atoms with Crippen molar-refractivity contribution in [2.24, 2.45) is 0 Å². The van der Waals surface area contributed by atoms with Crippen LogP contribution in [-0.4, -0.2) is 13.1 Å². The molecule has 1 heterocycles. The highest BCUT2D eigenvalue weighted by Crippen LogP contribution is 2.42. The molecule has 0 amide bonds. The Morgan fingerprint density at radius 2 is 1.81 bits per heavy atom. The van der Waals surface area contributed by atoms with Gasteiger partial charge < -0.3 is 9.47 Å². The summed E-state index contributed by atoms with van der Waals surface area (Å²) in [7, 11) is 1.38. The third-order valence-electron chi connectivity index (χ3n) is 2.94. The minimum atomic E-state index is -0.333. The molecule has 1 aliphatic rings. The lowest BCUT2D eigenvalue weighted by molar-refractivity contribution is -0.136. The molecule has 0 bridgehead atoms. The maximum Gasteiger partial charge on any atom is 0.337 e. The molecule has 0 aliphatic carbocycles. The SMILES string of the molecule is CC.CC.COC(=O)C1=C(C)Oc2c(Br)cccc2C1C. The van der Waals surface area contributed by atoms with Crippen molar-refractivity contribution in [1.29, 1.82) is 0 Å². The van der Waals surface area contributed by atoms with Gasteiger partial charge in [0.2, 0.25) is 0 Å². The minimum Gasteiger partial charge on any atom is -0.466 e. The molecule has 1 aromatic rings. The topological polar surface area (TPSA) is 35.5 Å². The molecule has 1 unspecified atom stereocenters. The van der Waals surface area contributed by atoms with Gasteiger partial charge in [-0.25, -0.2) is 4.79 Å². The summed E-state index contributed by atoms with van der Waals surface area (Å²) in [6, 6.07) is 5.81. The number of methoxy groups -OCH3 is 1. The lowest BCUT2D eigenvalue weighted by atomic mass is 9.89. The van der Waals surface area contributed by atoms with Crippen LogP contribution in [-0.2, 0) is 9.53 Å². The van der Waals surface area contributed by atoms with E-state index in [1.807, 2.05) is 52.8 Å². The molecule has 1 aliphatic heterocycles. The van der Waals surface area contributed by atoms with Crippen molar-refractivity contribution >= 4 is 21.9 Å². The lowest BCUT2D eigenvalue weighted by Gasteiger charge is -2.26. The number of rotatable bonds is 1.